The number of sulfonamides is 1. The topological polar surface area (TPSA) is 111 Å². The smallest absolute Gasteiger partial charge is 0.338 e. The summed E-state index contributed by atoms with van der Waals surface area (Å²) in [6.07, 6.45) is 0.346. The van der Waals surface area contributed by atoms with Crippen molar-refractivity contribution in [2.75, 3.05) is 11.9 Å². The van der Waals surface area contributed by atoms with E-state index in [4.69, 9.17) is 9.47 Å². The summed E-state index contributed by atoms with van der Waals surface area (Å²) in [6, 6.07) is 21.8. The van der Waals surface area contributed by atoms with Gasteiger partial charge in [-0.3, -0.25) is 4.79 Å². The molecule has 0 heterocycles. The first-order chi connectivity index (χ1) is 16.8. The maximum atomic E-state index is 12.4. The Labute approximate surface area is 204 Å². The van der Waals surface area contributed by atoms with Crippen molar-refractivity contribution >= 4 is 27.6 Å². The number of anilines is 1. The molecule has 3 aromatic rings. The molecule has 0 saturated heterocycles. The van der Waals surface area contributed by atoms with Gasteiger partial charge in [0.25, 0.3) is 5.91 Å². The molecule has 3 rings (SSSR count). The van der Waals surface area contributed by atoms with Crippen LogP contribution in [0, 0.1) is 0 Å². The summed E-state index contributed by atoms with van der Waals surface area (Å²) in [5, 5.41) is 2.68. The van der Waals surface area contributed by atoms with E-state index >= 15 is 0 Å². The highest BCUT2D eigenvalue weighted by atomic mass is 32.2. The normalized spacial score (nSPS) is 11.8. The molecule has 0 aliphatic carbocycles. The van der Waals surface area contributed by atoms with Crippen molar-refractivity contribution in [2.24, 2.45) is 0 Å². The Kier molecular flexibility index (Phi) is 8.77. The number of amides is 1. The van der Waals surface area contributed by atoms with Crippen molar-refractivity contribution in [2.45, 2.75) is 24.5 Å². The average molecular weight is 495 g/mol. The van der Waals surface area contributed by atoms with E-state index in [1.165, 1.54) is 37.3 Å². The number of hydrogen-bond donors (Lipinski definition) is 2. The molecule has 8 nitrogen and oxygen atoms in total. The molecule has 0 aliphatic heterocycles. The fourth-order valence-corrected chi connectivity index (χ4v) is 3.92. The van der Waals surface area contributed by atoms with Crippen LogP contribution >= 0.6 is 0 Å². The largest absolute Gasteiger partial charge is 0.489 e. The number of ether oxygens (including phenoxy) is 2. The van der Waals surface area contributed by atoms with Gasteiger partial charge in [0, 0.05) is 12.2 Å². The van der Waals surface area contributed by atoms with Gasteiger partial charge in [0.1, 0.15) is 12.4 Å². The molecule has 0 bridgehead atoms. The molecule has 0 fully saturated rings. The summed E-state index contributed by atoms with van der Waals surface area (Å²) >= 11 is 0. The van der Waals surface area contributed by atoms with E-state index in [1.807, 2.05) is 30.3 Å². The number of carbonyl (C=O) groups excluding carboxylic acids is 2. The van der Waals surface area contributed by atoms with Crippen LogP contribution in [0.15, 0.2) is 96.4 Å². The van der Waals surface area contributed by atoms with Gasteiger partial charge in [-0.15, -0.1) is 6.58 Å². The van der Waals surface area contributed by atoms with E-state index in [0.29, 0.717) is 18.0 Å². The van der Waals surface area contributed by atoms with E-state index in [0.717, 1.165) is 5.56 Å². The Morgan fingerprint density at radius 3 is 2.26 bits per heavy atom. The monoisotopic (exact) mass is 494 g/mol. The second-order valence-corrected chi connectivity index (χ2v) is 9.27. The molecule has 0 radical (unpaired) electrons. The molecule has 0 saturated carbocycles. The summed E-state index contributed by atoms with van der Waals surface area (Å²) < 4.78 is 37.5. The SMILES string of the molecule is C=CCNS(=O)(=O)c1ccc(C(=O)OC(C)C(=O)Nc2ccc(OCc3ccccc3)cc2)cc1. The lowest BCUT2D eigenvalue weighted by molar-refractivity contribution is -0.123. The van der Waals surface area contributed by atoms with Crippen molar-refractivity contribution in [3.63, 3.8) is 0 Å². The van der Waals surface area contributed by atoms with E-state index in [-0.39, 0.29) is 17.0 Å². The molecule has 1 unspecified atom stereocenters. The maximum absolute atomic E-state index is 12.4. The highest BCUT2D eigenvalue weighted by molar-refractivity contribution is 7.89. The lowest BCUT2D eigenvalue weighted by Gasteiger charge is -2.14. The highest BCUT2D eigenvalue weighted by Crippen LogP contribution is 2.18. The molecule has 0 aliphatic rings. The molecule has 0 aromatic heterocycles. The second kappa shape index (κ2) is 12.0. The molecule has 9 heteroatoms. The third-order valence-corrected chi connectivity index (χ3v) is 6.28. The number of hydrogen-bond acceptors (Lipinski definition) is 6. The molecule has 35 heavy (non-hydrogen) atoms. The van der Waals surface area contributed by atoms with Crippen molar-refractivity contribution < 1.29 is 27.5 Å². The van der Waals surface area contributed by atoms with Gasteiger partial charge < -0.3 is 14.8 Å². The molecule has 182 valence electrons. The third-order valence-electron chi connectivity index (χ3n) is 4.84. The Hall–Kier alpha value is -3.95. The minimum atomic E-state index is -3.70. The van der Waals surface area contributed by atoms with E-state index in [2.05, 4.69) is 16.6 Å². The number of rotatable bonds is 11. The van der Waals surface area contributed by atoms with Gasteiger partial charge in [-0.05, 0) is 61.0 Å². The van der Waals surface area contributed by atoms with Crippen LogP contribution in [0.3, 0.4) is 0 Å². The lowest BCUT2D eigenvalue weighted by Crippen LogP contribution is -2.30. The van der Waals surface area contributed by atoms with Gasteiger partial charge in [0.15, 0.2) is 6.10 Å². The van der Waals surface area contributed by atoms with Gasteiger partial charge in [0.2, 0.25) is 10.0 Å². The van der Waals surface area contributed by atoms with Crippen LogP contribution in [-0.2, 0) is 26.2 Å². The minimum absolute atomic E-state index is 0.00196. The van der Waals surface area contributed by atoms with Crippen LogP contribution in [-0.4, -0.2) is 32.9 Å². The first kappa shape index (κ1) is 25.7. The first-order valence-electron chi connectivity index (χ1n) is 10.8. The fourth-order valence-electron chi connectivity index (χ4n) is 2.92. The first-order valence-corrected chi connectivity index (χ1v) is 12.3. The standard InChI is InChI=1S/C26H26N2O6S/c1-3-17-27-35(31,32)24-15-9-21(10-16-24)26(30)34-19(2)25(29)28-22-11-13-23(14-12-22)33-18-20-7-5-4-6-8-20/h3-16,19,27H,1,17-18H2,2H3,(H,28,29). The number of esters is 1. The molecule has 1 amide bonds. The lowest BCUT2D eigenvalue weighted by atomic mass is 10.2. The Balaban J connectivity index is 1.51. The van der Waals surface area contributed by atoms with Gasteiger partial charge in [-0.2, -0.15) is 0 Å². The van der Waals surface area contributed by atoms with Gasteiger partial charge in [0.05, 0.1) is 10.5 Å². The van der Waals surface area contributed by atoms with Crippen molar-refractivity contribution in [1.29, 1.82) is 0 Å². The predicted molar refractivity (Wildman–Crippen MR) is 133 cm³/mol. The Morgan fingerprint density at radius 2 is 1.63 bits per heavy atom. The molecule has 3 aromatic carbocycles. The van der Waals surface area contributed by atoms with Crippen LogP contribution in [0.2, 0.25) is 0 Å². The zero-order chi connectivity index (χ0) is 25.3. The zero-order valence-electron chi connectivity index (χ0n) is 19.1. The quantitative estimate of drug-likeness (QED) is 0.309. The molecule has 1 atom stereocenters. The number of benzene rings is 3. The summed E-state index contributed by atoms with van der Waals surface area (Å²) in [5.74, 6) is -0.610. The Morgan fingerprint density at radius 1 is 0.971 bits per heavy atom. The van der Waals surface area contributed by atoms with Gasteiger partial charge in [-0.25, -0.2) is 17.9 Å². The zero-order valence-corrected chi connectivity index (χ0v) is 20.0. The fraction of sp³-hybridized carbons (Fsp3) is 0.154. The van der Waals surface area contributed by atoms with Crippen LogP contribution in [0.1, 0.15) is 22.8 Å². The third kappa shape index (κ3) is 7.53. The Bertz CT molecular complexity index is 1260. The molecule has 0 spiro atoms. The van der Waals surface area contributed by atoms with Crippen LogP contribution in [0.25, 0.3) is 0 Å². The van der Waals surface area contributed by atoms with Crippen LogP contribution < -0.4 is 14.8 Å². The van der Waals surface area contributed by atoms with Crippen molar-refractivity contribution in [3.05, 3.63) is 103 Å². The molecular weight excluding hydrogens is 468 g/mol. The summed E-state index contributed by atoms with van der Waals surface area (Å²) in [7, 11) is -3.70. The summed E-state index contributed by atoms with van der Waals surface area (Å²) in [5.41, 5.74) is 1.68. The highest BCUT2D eigenvalue weighted by Gasteiger charge is 2.20. The van der Waals surface area contributed by atoms with Crippen molar-refractivity contribution in [1.82, 2.24) is 4.72 Å². The van der Waals surface area contributed by atoms with E-state index < -0.39 is 28.0 Å². The number of nitrogens with one attached hydrogen (secondary N) is 2. The second-order valence-electron chi connectivity index (χ2n) is 7.50. The minimum Gasteiger partial charge on any atom is -0.489 e. The van der Waals surface area contributed by atoms with Crippen LogP contribution in [0.5, 0.6) is 5.75 Å². The average Bonchev–Trinajstić information content (AvgIpc) is 2.87. The van der Waals surface area contributed by atoms with Gasteiger partial charge >= 0.3 is 5.97 Å². The van der Waals surface area contributed by atoms with Crippen molar-refractivity contribution in [3.8, 4) is 5.75 Å². The summed E-state index contributed by atoms with van der Waals surface area (Å²) in [4.78, 5) is 24.8. The summed E-state index contributed by atoms with van der Waals surface area (Å²) in [6.45, 7) is 5.42. The van der Waals surface area contributed by atoms with Crippen LogP contribution in [0.4, 0.5) is 5.69 Å². The molecule has 2 N–H and O–H groups in total. The predicted octanol–water partition coefficient (Wildman–Crippen LogP) is 3.91. The number of carbonyl (C=O) groups is 2. The van der Waals surface area contributed by atoms with E-state index in [9.17, 15) is 18.0 Å². The van der Waals surface area contributed by atoms with Gasteiger partial charge in [-0.1, -0.05) is 36.4 Å². The van der Waals surface area contributed by atoms with E-state index in [1.54, 1.807) is 24.3 Å². The maximum Gasteiger partial charge on any atom is 0.338 e. The molecular formula is C26H26N2O6S.